The minimum atomic E-state index is 0.547. The second-order valence-corrected chi connectivity index (χ2v) is 5.75. The number of hydrogen-bond donors (Lipinski definition) is 1. The van der Waals surface area contributed by atoms with Crippen LogP contribution in [0, 0.1) is 5.92 Å². The lowest BCUT2D eigenvalue weighted by molar-refractivity contribution is 0.0000288. The lowest BCUT2D eigenvalue weighted by Gasteiger charge is -2.16. The SMILES string of the molecule is CCCC1CCCC(NOCc2ccccc2)CC1. The second-order valence-electron chi connectivity index (χ2n) is 5.75. The van der Waals surface area contributed by atoms with E-state index in [0.29, 0.717) is 12.6 Å². The van der Waals surface area contributed by atoms with Gasteiger partial charge in [-0.15, -0.1) is 0 Å². The van der Waals surface area contributed by atoms with Gasteiger partial charge < -0.3 is 0 Å². The molecule has 0 saturated heterocycles. The highest BCUT2D eigenvalue weighted by atomic mass is 16.6. The van der Waals surface area contributed by atoms with Crippen molar-refractivity contribution in [3.63, 3.8) is 0 Å². The Kier molecular flexibility index (Phi) is 6.38. The predicted molar refractivity (Wildman–Crippen MR) is 79.6 cm³/mol. The number of rotatable bonds is 6. The highest BCUT2D eigenvalue weighted by molar-refractivity contribution is 5.13. The number of benzene rings is 1. The Hall–Kier alpha value is -0.860. The summed E-state index contributed by atoms with van der Waals surface area (Å²) in [5.41, 5.74) is 4.50. The Morgan fingerprint density at radius 3 is 2.74 bits per heavy atom. The van der Waals surface area contributed by atoms with Gasteiger partial charge in [0, 0.05) is 6.04 Å². The zero-order valence-electron chi connectivity index (χ0n) is 12.1. The van der Waals surface area contributed by atoms with E-state index in [2.05, 4.69) is 36.7 Å². The van der Waals surface area contributed by atoms with E-state index in [9.17, 15) is 0 Å². The average Bonchev–Trinajstić information content (AvgIpc) is 2.66. The monoisotopic (exact) mass is 261 g/mol. The molecule has 1 aliphatic rings. The van der Waals surface area contributed by atoms with Gasteiger partial charge in [-0.1, -0.05) is 62.9 Å². The highest BCUT2D eigenvalue weighted by Crippen LogP contribution is 2.26. The summed E-state index contributed by atoms with van der Waals surface area (Å²) in [6.45, 7) is 2.96. The van der Waals surface area contributed by atoms with E-state index >= 15 is 0 Å². The minimum absolute atomic E-state index is 0.547. The first kappa shape index (κ1) is 14.5. The number of nitrogens with one attached hydrogen (secondary N) is 1. The third-order valence-electron chi connectivity index (χ3n) is 4.12. The normalized spacial score (nSPS) is 24.1. The van der Waals surface area contributed by atoms with Crippen LogP contribution in [-0.4, -0.2) is 6.04 Å². The Balaban J connectivity index is 1.66. The molecular weight excluding hydrogens is 234 g/mol. The van der Waals surface area contributed by atoms with Gasteiger partial charge in [0.2, 0.25) is 0 Å². The highest BCUT2D eigenvalue weighted by Gasteiger charge is 2.18. The standard InChI is InChI=1S/C17H27NO/c1-2-7-15-10-6-11-17(13-12-15)18-19-14-16-8-4-3-5-9-16/h3-5,8-9,15,17-18H,2,6-7,10-14H2,1H3. The van der Waals surface area contributed by atoms with Crippen molar-refractivity contribution < 1.29 is 4.84 Å². The maximum absolute atomic E-state index is 5.66. The average molecular weight is 261 g/mol. The summed E-state index contributed by atoms with van der Waals surface area (Å²) in [7, 11) is 0. The third-order valence-corrected chi connectivity index (χ3v) is 4.12. The van der Waals surface area contributed by atoms with Gasteiger partial charge in [-0.3, -0.25) is 4.84 Å². The first-order chi connectivity index (χ1) is 9.38. The summed E-state index contributed by atoms with van der Waals surface area (Å²) < 4.78 is 0. The molecule has 2 nitrogen and oxygen atoms in total. The van der Waals surface area contributed by atoms with Gasteiger partial charge in [0.1, 0.15) is 0 Å². The van der Waals surface area contributed by atoms with E-state index in [1.54, 1.807) is 0 Å². The van der Waals surface area contributed by atoms with Gasteiger partial charge >= 0.3 is 0 Å². The molecule has 2 atom stereocenters. The first-order valence-corrected chi connectivity index (χ1v) is 7.79. The molecule has 1 aliphatic carbocycles. The van der Waals surface area contributed by atoms with E-state index in [1.807, 2.05) is 6.07 Å². The van der Waals surface area contributed by atoms with Crippen LogP contribution in [-0.2, 0) is 11.4 Å². The van der Waals surface area contributed by atoms with Crippen molar-refractivity contribution in [2.75, 3.05) is 0 Å². The van der Waals surface area contributed by atoms with Crippen molar-refractivity contribution >= 4 is 0 Å². The Morgan fingerprint density at radius 2 is 1.95 bits per heavy atom. The molecular formula is C17H27NO. The molecule has 106 valence electrons. The van der Waals surface area contributed by atoms with E-state index in [0.717, 1.165) is 5.92 Å². The van der Waals surface area contributed by atoms with E-state index in [4.69, 9.17) is 4.84 Å². The van der Waals surface area contributed by atoms with Crippen molar-refractivity contribution in [3.8, 4) is 0 Å². The van der Waals surface area contributed by atoms with Gasteiger partial charge in [0.25, 0.3) is 0 Å². The fourth-order valence-corrected chi connectivity index (χ4v) is 3.01. The van der Waals surface area contributed by atoms with Crippen LogP contribution in [0.3, 0.4) is 0 Å². The topological polar surface area (TPSA) is 21.3 Å². The lowest BCUT2D eigenvalue weighted by Crippen LogP contribution is -2.28. The Morgan fingerprint density at radius 1 is 1.11 bits per heavy atom. The third kappa shape index (κ3) is 5.33. The van der Waals surface area contributed by atoms with Crippen LogP contribution in [0.5, 0.6) is 0 Å². The van der Waals surface area contributed by atoms with Crippen molar-refractivity contribution in [1.82, 2.24) is 5.48 Å². The summed E-state index contributed by atoms with van der Waals surface area (Å²) >= 11 is 0. The van der Waals surface area contributed by atoms with Crippen molar-refractivity contribution in [1.29, 1.82) is 0 Å². The summed E-state index contributed by atoms with van der Waals surface area (Å²) in [6, 6.07) is 10.9. The molecule has 0 aliphatic heterocycles. The maximum atomic E-state index is 5.66. The molecule has 2 rings (SSSR count). The van der Waals surface area contributed by atoms with Crippen LogP contribution in [0.25, 0.3) is 0 Å². The van der Waals surface area contributed by atoms with Gasteiger partial charge in [0.05, 0.1) is 6.61 Å². The number of hydroxylamine groups is 1. The van der Waals surface area contributed by atoms with Crippen LogP contribution in [0.15, 0.2) is 30.3 Å². The molecule has 1 N–H and O–H groups in total. The quantitative estimate of drug-likeness (QED) is 0.603. The fraction of sp³-hybridized carbons (Fsp3) is 0.647. The zero-order chi connectivity index (χ0) is 13.3. The molecule has 0 heterocycles. The maximum Gasteiger partial charge on any atom is 0.0933 e. The molecule has 1 fully saturated rings. The largest absolute Gasteiger partial charge is 0.297 e. The van der Waals surface area contributed by atoms with E-state index in [-0.39, 0.29) is 0 Å². The van der Waals surface area contributed by atoms with Crippen LogP contribution in [0.2, 0.25) is 0 Å². The molecule has 1 saturated carbocycles. The van der Waals surface area contributed by atoms with Crippen molar-refractivity contribution in [2.45, 2.75) is 64.5 Å². The van der Waals surface area contributed by atoms with Gasteiger partial charge in [-0.25, -0.2) is 0 Å². The summed E-state index contributed by atoms with van der Waals surface area (Å²) in [4.78, 5) is 5.66. The fourth-order valence-electron chi connectivity index (χ4n) is 3.01. The molecule has 0 bridgehead atoms. The molecule has 1 aromatic rings. The van der Waals surface area contributed by atoms with Crippen LogP contribution in [0.1, 0.15) is 57.4 Å². The molecule has 0 aromatic heterocycles. The Bertz CT molecular complexity index is 338. The first-order valence-electron chi connectivity index (χ1n) is 7.79. The number of hydrogen-bond acceptors (Lipinski definition) is 2. The van der Waals surface area contributed by atoms with Crippen molar-refractivity contribution in [2.24, 2.45) is 5.92 Å². The minimum Gasteiger partial charge on any atom is -0.297 e. The van der Waals surface area contributed by atoms with Gasteiger partial charge in [-0.05, 0) is 30.7 Å². The lowest BCUT2D eigenvalue weighted by atomic mass is 9.95. The van der Waals surface area contributed by atoms with E-state index in [1.165, 1.54) is 50.5 Å². The summed E-state index contributed by atoms with van der Waals surface area (Å²) in [5, 5.41) is 0. The van der Waals surface area contributed by atoms with E-state index < -0.39 is 0 Å². The molecule has 0 radical (unpaired) electrons. The van der Waals surface area contributed by atoms with Crippen molar-refractivity contribution in [3.05, 3.63) is 35.9 Å². The van der Waals surface area contributed by atoms with Crippen LogP contribution in [0.4, 0.5) is 0 Å². The molecule has 2 heteroatoms. The van der Waals surface area contributed by atoms with Gasteiger partial charge in [0.15, 0.2) is 0 Å². The zero-order valence-corrected chi connectivity index (χ0v) is 12.1. The summed E-state index contributed by atoms with van der Waals surface area (Å²) in [5.74, 6) is 0.950. The predicted octanol–water partition coefficient (Wildman–Crippen LogP) is 4.46. The molecule has 0 amide bonds. The molecule has 0 spiro atoms. The summed E-state index contributed by atoms with van der Waals surface area (Å²) in [6.07, 6.45) is 9.36. The molecule has 2 unspecified atom stereocenters. The van der Waals surface area contributed by atoms with Crippen LogP contribution < -0.4 is 5.48 Å². The molecule has 1 aromatic carbocycles. The second kappa shape index (κ2) is 8.34. The smallest absolute Gasteiger partial charge is 0.0933 e. The van der Waals surface area contributed by atoms with Crippen LogP contribution >= 0.6 is 0 Å². The molecule has 19 heavy (non-hydrogen) atoms. The Labute approximate surface area is 117 Å². The van der Waals surface area contributed by atoms with Gasteiger partial charge in [-0.2, -0.15) is 5.48 Å².